The lowest BCUT2D eigenvalue weighted by Gasteiger charge is -2.06. The largest absolute Gasteiger partial charge is 0.481 e. The van der Waals surface area contributed by atoms with Gasteiger partial charge in [-0.1, -0.05) is 18.2 Å². The van der Waals surface area contributed by atoms with Gasteiger partial charge in [0.15, 0.2) is 0 Å². The van der Waals surface area contributed by atoms with E-state index in [9.17, 15) is 4.79 Å². The van der Waals surface area contributed by atoms with Crippen molar-refractivity contribution < 1.29 is 19.4 Å². The summed E-state index contributed by atoms with van der Waals surface area (Å²) in [5.41, 5.74) is 2.19. The average molecular weight is 291 g/mol. The van der Waals surface area contributed by atoms with Crippen LogP contribution in [0.15, 0.2) is 30.5 Å². The van der Waals surface area contributed by atoms with E-state index in [2.05, 4.69) is 10.6 Å². The molecule has 2 aromatic rings. The standard InChI is InChI=1S/C16H21NO4/c1-20-10-11-21-9-8-17-12-13(6-7-16(18)19)14-4-2-3-5-15(14)17/h2-5,12H,6-11H2,1H3,(H,18,19). The van der Waals surface area contributed by atoms with Crippen molar-refractivity contribution in [1.82, 2.24) is 4.57 Å². The van der Waals surface area contributed by atoms with E-state index in [0.717, 1.165) is 23.0 Å². The quantitative estimate of drug-likeness (QED) is 0.720. The molecule has 0 amide bonds. The van der Waals surface area contributed by atoms with Crippen LogP contribution in [0.1, 0.15) is 12.0 Å². The summed E-state index contributed by atoms with van der Waals surface area (Å²) >= 11 is 0. The molecule has 5 heteroatoms. The minimum atomic E-state index is -0.769. The van der Waals surface area contributed by atoms with Crippen LogP contribution in [0.5, 0.6) is 0 Å². The van der Waals surface area contributed by atoms with E-state index in [0.29, 0.717) is 26.2 Å². The molecule has 21 heavy (non-hydrogen) atoms. The molecule has 114 valence electrons. The monoisotopic (exact) mass is 291 g/mol. The van der Waals surface area contributed by atoms with Crippen molar-refractivity contribution in [3.63, 3.8) is 0 Å². The number of hydrogen-bond donors (Lipinski definition) is 1. The van der Waals surface area contributed by atoms with Crippen LogP contribution >= 0.6 is 0 Å². The normalized spacial score (nSPS) is 11.1. The van der Waals surface area contributed by atoms with Gasteiger partial charge in [-0.15, -0.1) is 0 Å². The van der Waals surface area contributed by atoms with Gasteiger partial charge < -0.3 is 19.1 Å². The smallest absolute Gasteiger partial charge is 0.303 e. The van der Waals surface area contributed by atoms with Gasteiger partial charge in [0.2, 0.25) is 0 Å². The van der Waals surface area contributed by atoms with Crippen LogP contribution in [0.2, 0.25) is 0 Å². The summed E-state index contributed by atoms with van der Waals surface area (Å²) in [4.78, 5) is 10.7. The Morgan fingerprint density at radius 1 is 1.24 bits per heavy atom. The minimum Gasteiger partial charge on any atom is -0.481 e. The highest BCUT2D eigenvalue weighted by Crippen LogP contribution is 2.22. The van der Waals surface area contributed by atoms with Crippen LogP contribution in [0, 0.1) is 0 Å². The zero-order valence-electron chi connectivity index (χ0n) is 12.2. The van der Waals surface area contributed by atoms with E-state index in [1.54, 1.807) is 7.11 Å². The van der Waals surface area contributed by atoms with E-state index in [-0.39, 0.29) is 6.42 Å². The summed E-state index contributed by atoms with van der Waals surface area (Å²) in [5, 5.41) is 9.96. The van der Waals surface area contributed by atoms with Crippen molar-refractivity contribution in [2.45, 2.75) is 19.4 Å². The van der Waals surface area contributed by atoms with Crippen molar-refractivity contribution >= 4 is 16.9 Å². The summed E-state index contributed by atoms with van der Waals surface area (Å²) in [6.45, 7) is 2.54. The fourth-order valence-corrected chi connectivity index (χ4v) is 2.36. The Kier molecular flexibility index (Phi) is 5.78. The molecule has 5 nitrogen and oxygen atoms in total. The third-order valence-corrected chi connectivity index (χ3v) is 3.39. The summed E-state index contributed by atoms with van der Waals surface area (Å²) in [6.07, 6.45) is 2.74. The van der Waals surface area contributed by atoms with Crippen molar-refractivity contribution in [2.24, 2.45) is 0 Å². The number of para-hydroxylation sites is 1. The van der Waals surface area contributed by atoms with Crippen molar-refractivity contribution in [3.05, 3.63) is 36.0 Å². The van der Waals surface area contributed by atoms with Gasteiger partial charge in [0.1, 0.15) is 0 Å². The number of aryl methyl sites for hydroxylation is 1. The molecule has 0 saturated heterocycles. The third-order valence-electron chi connectivity index (χ3n) is 3.39. The van der Waals surface area contributed by atoms with Gasteiger partial charge in [0.05, 0.1) is 19.8 Å². The Labute approximate surface area is 124 Å². The van der Waals surface area contributed by atoms with Crippen LogP contribution in [0.3, 0.4) is 0 Å². The predicted octanol–water partition coefficient (Wildman–Crippen LogP) is 2.32. The van der Waals surface area contributed by atoms with E-state index in [1.165, 1.54) is 0 Å². The Morgan fingerprint density at radius 3 is 2.81 bits per heavy atom. The molecule has 0 radical (unpaired) electrons. The number of fused-ring (bicyclic) bond motifs is 1. The van der Waals surface area contributed by atoms with Crippen LogP contribution in [-0.2, 0) is 27.2 Å². The number of carboxylic acid groups (broad SMARTS) is 1. The summed E-state index contributed by atoms with van der Waals surface area (Å²) in [5.74, 6) is -0.769. The summed E-state index contributed by atoms with van der Waals surface area (Å²) < 4.78 is 12.6. The topological polar surface area (TPSA) is 60.7 Å². The molecule has 1 aromatic carbocycles. The summed E-state index contributed by atoms with van der Waals surface area (Å²) in [6, 6.07) is 8.06. The molecule has 1 aromatic heterocycles. The SMILES string of the molecule is COCCOCCn1cc(CCC(=O)O)c2ccccc21. The molecule has 0 aliphatic carbocycles. The number of aliphatic carboxylic acids is 1. The second-order valence-corrected chi connectivity index (χ2v) is 4.86. The van der Waals surface area contributed by atoms with E-state index in [1.807, 2.05) is 24.4 Å². The lowest BCUT2D eigenvalue weighted by atomic mass is 10.1. The molecule has 0 spiro atoms. The molecule has 0 bridgehead atoms. The maximum Gasteiger partial charge on any atom is 0.303 e. The van der Waals surface area contributed by atoms with Gasteiger partial charge in [-0.05, 0) is 18.1 Å². The van der Waals surface area contributed by atoms with Gasteiger partial charge >= 0.3 is 5.97 Å². The van der Waals surface area contributed by atoms with Gasteiger partial charge in [0.25, 0.3) is 0 Å². The van der Waals surface area contributed by atoms with Crippen molar-refractivity contribution in [2.75, 3.05) is 26.9 Å². The predicted molar refractivity (Wildman–Crippen MR) is 80.6 cm³/mol. The summed E-state index contributed by atoms with van der Waals surface area (Å²) in [7, 11) is 1.65. The fourth-order valence-electron chi connectivity index (χ4n) is 2.36. The number of carbonyl (C=O) groups is 1. The Hall–Kier alpha value is -1.85. The van der Waals surface area contributed by atoms with E-state index < -0.39 is 5.97 Å². The van der Waals surface area contributed by atoms with E-state index >= 15 is 0 Å². The molecule has 0 saturated carbocycles. The van der Waals surface area contributed by atoms with Gasteiger partial charge in [0, 0.05) is 37.2 Å². The second kappa shape index (κ2) is 7.81. The van der Waals surface area contributed by atoms with Crippen LogP contribution < -0.4 is 0 Å². The highest BCUT2D eigenvalue weighted by atomic mass is 16.5. The Morgan fingerprint density at radius 2 is 2.05 bits per heavy atom. The first kappa shape index (κ1) is 15.5. The highest BCUT2D eigenvalue weighted by molar-refractivity contribution is 5.84. The minimum absolute atomic E-state index is 0.151. The zero-order chi connectivity index (χ0) is 15.1. The van der Waals surface area contributed by atoms with Gasteiger partial charge in [-0.2, -0.15) is 0 Å². The third kappa shape index (κ3) is 4.31. The lowest BCUT2D eigenvalue weighted by molar-refractivity contribution is -0.136. The molecule has 2 rings (SSSR count). The molecule has 1 N–H and O–H groups in total. The average Bonchev–Trinajstić information content (AvgIpc) is 2.83. The molecular weight excluding hydrogens is 270 g/mol. The first-order valence-corrected chi connectivity index (χ1v) is 7.07. The first-order valence-electron chi connectivity index (χ1n) is 7.07. The molecule has 0 fully saturated rings. The molecule has 0 atom stereocenters. The molecule has 0 aliphatic rings. The molecule has 0 aliphatic heterocycles. The second-order valence-electron chi connectivity index (χ2n) is 4.86. The van der Waals surface area contributed by atoms with Gasteiger partial charge in [-0.25, -0.2) is 0 Å². The molecule has 0 unspecified atom stereocenters. The fraction of sp³-hybridized carbons (Fsp3) is 0.438. The number of nitrogens with zero attached hydrogens (tertiary/aromatic N) is 1. The number of methoxy groups -OCH3 is 1. The highest BCUT2D eigenvalue weighted by Gasteiger charge is 2.09. The number of rotatable bonds is 9. The van der Waals surface area contributed by atoms with Crippen molar-refractivity contribution in [3.8, 4) is 0 Å². The number of benzene rings is 1. The lowest BCUT2D eigenvalue weighted by Crippen LogP contribution is -2.08. The van der Waals surface area contributed by atoms with Crippen LogP contribution in [0.25, 0.3) is 10.9 Å². The maximum absolute atomic E-state index is 10.7. The Bertz CT molecular complexity index is 591. The van der Waals surface area contributed by atoms with Crippen LogP contribution in [-0.4, -0.2) is 42.6 Å². The maximum atomic E-state index is 10.7. The number of aromatic nitrogens is 1. The zero-order valence-corrected chi connectivity index (χ0v) is 12.2. The molecular formula is C16H21NO4. The van der Waals surface area contributed by atoms with Crippen molar-refractivity contribution in [1.29, 1.82) is 0 Å². The Balaban J connectivity index is 2.06. The van der Waals surface area contributed by atoms with E-state index in [4.69, 9.17) is 14.6 Å². The number of hydrogen-bond acceptors (Lipinski definition) is 3. The first-order chi connectivity index (χ1) is 10.2. The number of carboxylic acids is 1. The van der Waals surface area contributed by atoms with Crippen LogP contribution in [0.4, 0.5) is 0 Å². The number of ether oxygens (including phenoxy) is 2. The van der Waals surface area contributed by atoms with Gasteiger partial charge in [-0.3, -0.25) is 4.79 Å². The molecule has 1 heterocycles.